The Morgan fingerprint density at radius 1 is 1.29 bits per heavy atom. The molecule has 2 nitrogen and oxygen atoms in total. The molecule has 14 heavy (non-hydrogen) atoms. The minimum Gasteiger partial charge on any atom is -0.381 e. The van der Waals surface area contributed by atoms with E-state index in [1.165, 1.54) is 19.3 Å². The van der Waals surface area contributed by atoms with Crippen LogP contribution in [-0.4, -0.2) is 25.8 Å². The summed E-state index contributed by atoms with van der Waals surface area (Å²) in [6.45, 7) is 9.84. The van der Waals surface area contributed by atoms with Gasteiger partial charge in [-0.1, -0.05) is 20.8 Å². The SMILES string of the molecule is CCNC(CC(C)C)C1CCOCC1. The number of hydrogen-bond acceptors (Lipinski definition) is 2. The van der Waals surface area contributed by atoms with Crippen LogP contribution < -0.4 is 5.32 Å². The average Bonchev–Trinajstić information content (AvgIpc) is 2.18. The number of nitrogens with one attached hydrogen (secondary N) is 1. The van der Waals surface area contributed by atoms with Gasteiger partial charge in [0, 0.05) is 19.3 Å². The molecule has 0 aromatic heterocycles. The van der Waals surface area contributed by atoms with Crippen molar-refractivity contribution in [2.45, 2.75) is 46.1 Å². The molecule has 84 valence electrons. The molecule has 1 fully saturated rings. The van der Waals surface area contributed by atoms with Crippen molar-refractivity contribution in [1.82, 2.24) is 5.32 Å². The van der Waals surface area contributed by atoms with Gasteiger partial charge >= 0.3 is 0 Å². The molecule has 1 heterocycles. The zero-order valence-corrected chi connectivity index (χ0v) is 9.88. The highest BCUT2D eigenvalue weighted by molar-refractivity contribution is 4.79. The van der Waals surface area contributed by atoms with Crippen LogP contribution in [0.1, 0.15) is 40.0 Å². The lowest BCUT2D eigenvalue weighted by Crippen LogP contribution is -2.39. The van der Waals surface area contributed by atoms with E-state index in [1.807, 2.05) is 0 Å². The third-order valence-electron chi connectivity index (χ3n) is 3.03. The lowest BCUT2D eigenvalue weighted by molar-refractivity contribution is 0.0511. The van der Waals surface area contributed by atoms with E-state index in [0.29, 0.717) is 6.04 Å². The van der Waals surface area contributed by atoms with E-state index < -0.39 is 0 Å². The Hall–Kier alpha value is -0.0800. The van der Waals surface area contributed by atoms with Gasteiger partial charge in [0.05, 0.1) is 0 Å². The highest BCUT2D eigenvalue weighted by Gasteiger charge is 2.23. The van der Waals surface area contributed by atoms with Crippen LogP contribution in [0.3, 0.4) is 0 Å². The quantitative estimate of drug-likeness (QED) is 0.734. The van der Waals surface area contributed by atoms with Gasteiger partial charge in [-0.15, -0.1) is 0 Å². The first-order valence-electron chi connectivity index (χ1n) is 6.05. The van der Waals surface area contributed by atoms with Crippen molar-refractivity contribution < 1.29 is 4.74 Å². The fourth-order valence-corrected chi connectivity index (χ4v) is 2.33. The summed E-state index contributed by atoms with van der Waals surface area (Å²) in [5.41, 5.74) is 0. The van der Waals surface area contributed by atoms with Crippen LogP contribution >= 0.6 is 0 Å². The van der Waals surface area contributed by atoms with E-state index >= 15 is 0 Å². The maximum absolute atomic E-state index is 5.41. The second kappa shape index (κ2) is 6.41. The van der Waals surface area contributed by atoms with Crippen molar-refractivity contribution in [3.63, 3.8) is 0 Å². The van der Waals surface area contributed by atoms with E-state index in [1.54, 1.807) is 0 Å². The van der Waals surface area contributed by atoms with Gasteiger partial charge < -0.3 is 10.1 Å². The Morgan fingerprint density at radius 2 is 1.93 bits per heavy atom. The van der Waals surface area contributed by atoms with E-state index in [4.69, 9.17) is 4.74 Å². The van der Waals surface area contributed by atoms with Gasteiger partial charge in [0.1, 0.15) is 0 Å². The molecule has 1 rings (SSSR count). The normalized spacial score (nSPS) is 21.4. The molecule has 1 atom stereocenters. The average molecular weight is 199 g/mol. The molecule has 1 aliphatic rings. The summed E-state index contributed by atoms with van der Waals surface area (Å²) in [5.74, 6) is 1.63. The summed E-state index contributed by atoms with van der Waals surface area (Å²) in [6, 6.07) is 0.712. The van der Waals surface area contributed by atoms with Crippen molar-refractivity contribution in [2.24, 2.45) is 11.8 Å². The molecular formula is C12H25NO. The first-order valence-corrected chi connectivity index (χ1v) is 6.05. The van der Waals surface area contributed by atoms with E-state index in [-0.39, 0.29) is 0 Å². The van der Waals surface area contributed by atoms with E-state index in [9.17, 15) is 0 Å². The van der Waals surface area contributed by atoms with Crippen LogP contribution in [-0.2, 0) is 4.74 Å². The van der Waals surface area contributed by atoms with Crippen molar-refractivity contribution in [3.8, 4) is 0 Å². The lowest BCUT2D eigenvalue weighted by atomic mass is 9.86. The van der Waals surface area contributed by atoms with Crippen molar-refractivity contribution >= 4 is 0 Å². The number of hydrogen-bond donors (Lipinski definition) is 1. The van der Waals surface area contributed by atoms with Gasteiger partial charge in [-0.3, -0.25) is 0 Å². The van der Waals surface area contributed by atoms with Gasteiger partial charge in [-0.05, 0) is 37.6 Å². The molecule has 1 saturated heterocycles. The molecule has 0 spiro atoms. The molecule has 0 aliphatic carbocycles. The second-order valence-corrected chi connectivity index (χ2v) is 4.74. The van der Waals surface area contributed by atoms with Gasteiger partial charge in [-0.25, -0.2) is 0 Å². The number of ether oxygens (including phenoxy) is 1. The fourth-order valence-electron chi connectivity index (χ4n) is 2.33. The zero-order chi connectivity index (χ0) is 10.4. The molecule has 1 unspecified atom stereocenters. The van der Waals surface area contributed by atoms with Crippen molar-refractivity contribution in [2.75, 3.05) is 19.8 Å². The van der Waals surface area contributed by atoms with Crippen LogP contribution in [0, 0.1) is 11.8 Å². The minimum absolute atomic E-state index is 0.712. The maximum Gasteiger partial charge on any atom is 0.0469 e. The summed E-state index contributed by atoms with van der Waals surface area (Å²) < 4.78 is 5.41. The van der Waals surface area contributed by atoms with Crippen LogP contribution in [0.5, 0.6) is 0 Å². The summed E-state index contributed by atoms with van der Waals surface area (Å²) in [6.07, 6.45) is 3.79. The first kappa shape index (κ1) is 12.0. The molecule has 0 aromatic carbocycles. The largest absolute Gasteiger partial charge is 0.381 e. The van der Waals surface area contributed by atoms with Crippen LogP contribution in [0.15, 0.2) is 0 Å². The Kier molecular flexibility index (Phi) is 5.49. The van der Waals surface area contributed by atoms with Crippen molar-refractivity contribution in [1.29, 1.82) is 0 Å². The molecule has 2 heteroatoms. The van der Waals surface area contributed by atoms with Crippen LogP contribution in [0.25, 0.3) is 0 Å². The first-order chi connectivity index (χ1) is 6.74. The van der Waals surface area contributed by atoms with Crippen LogP contribution in [0.4, 0.5) is 0 Å². The van der Waals surface area contributed by atoms with E-state index in [0.717, 1.165) is 31.6 Å². The lowest BCUT2D eigenvalue weighted by Gasteiger charge is -2.32. The molecular weight excluding hydrogens is 174 g/mol. The predicted molar refractivity (Wildman–Crippen MR) is 60.5 cm³/mol. The highest BCUT2D eigenvalue weighted by atomic mass is 16.5. The molecule has 0 amide bonds. The molecule has 1 aliphatic heterocycles. The molecule has 0 radical (unpaired) electrons. The van der Waals surface area contributed by atoms with Gasteiger partial charge in [0.15, 0.2) is 0 Å². The van der Waals surface area contributed by atoms with Crippen LogP contribution in [0.2, 0.25) is 0 Å². The maximum atomic E-state index is 5.41. The van der Waals surface area contributed by atoms with Gasteiger partial charge in [-0.2, -0.15) is 0 Å². The second-order valence-electron chi connectivity index (χ2n) is 4.74. The zero-order valence-electron chi connectivity index (χ0n) is 9.88. The highest BCUT2D eigenvalue weighted by Crippen LogP contribution is 2.23. The summed E-state index contributed by atoms with van der Waals surface area (Å²) in [4.78, 5) is 0. The Balaban J connectivity index is 2.38. The third kappa shape index (κ3) is 3.97. The Morgan fingerprint density at radius 3 is 2.43 bits per heavy atom. The minimum atomic E-state index is 0.712. The Labute approximate surface area is 88.4 Å². The number of rotatable bonds is 5. The molecule has 0 bridgehead atoms. The molecule has 1 N–H and O–H groups in total. The van der Waals surface area contributed by atoms with E-state index in [2.05, 4.69) is 26.1 Å². The third-order valence-corrected chi connectivity index (χ3v) is 3.03. The topological polar surface area (TPSA) is 21.3 Å². The smallest absolute Gasteiger partial charge is 0.0469 e. The van der Waals surface area contributed by atoms with Crippen molar-refractivity contribution in [3.05, 3.63) is 0 Å². The monoisotopic (exact) mass is 199 g/mol. The molecule has 0 aromatic rings. The van der Waals surface area contributed by atoms with Gasteiger partial charge in [0.25, 0.3) is 0 Å². The standard InChI is InChI=1S/C12H25NO/c1-4-13-12(9-10(2)3)11-5-7-14-8-6-11/h10-13H,4-9H2,1-3H3. The predicted octanol–water partition coefficient (Wildman–Crippen LogP) is 2.44. The van der Waals surface area contributed by atoms with Gasteiger partial charge in [0.2, 0.25) is 0 Å². The summed E-state index contributed by atoms with van der Waals surface area (Å²) >= 11 is 0. The molecule has 0 saturated carbocycles. The summed E-state index contributed by atoms with van der Waals surface area (Å²) in [7, 11) is 0. The summed E-state index contributed by atoms with van der Waals surface area (Å²) in [5, 5.41) is 3.63. The fraction of sp³-hybridized carbons (Fsp3) is 1.00. The Bertz CT molecular complexity index is 141.